The van der Waals surface area contributed by atoms with Gasteiger partial charge in [0.05, 0.1) is 6.33 Å². The molecule has 0 aliphatic heterocycles. The second kappa shape index (κ2) is 2.21. The molecule has 0 N–H and O–H groups in total. The fourth-order valence-corrected chi connectivity index (χ4v) is 0.732. The first kappa shape index (κ1) is 3.40. The average Bonchev–Trinajstić information content (AvgIpc) is 2.30. The Morgan fingerprint density at radius 3 is 3.00 bits per heavy atom. The molecule has 0 saturated carbocycles. The van der Waals surface area contributed by atoms with Crippen molar-refractivity contribution in [1.29, 1.82) is 0 Å². The highest BCUT2D eigenvalue weighted by Crippen LogP contribution is 2.10. The van der Waals surface area contributed by atoms with Gasteiger partial charge >= 0.3 is 0 Å². The SMILES string of the molecule is [2H]C([2H])([2H])n1cncc1C(C)C. The van der Waals surface area contributed by atoms with Crippen molar-refractivity contribution in [2.45, 2.75) is 19.8 Å². The molecule has 0 amide bonds. The molecule has 0 bridgehead atoms. The van der Waals surface area contributed by atoms with E-state index in [4.69, 9.17) is 4.11 Å². The van der Waals surface area contributed by atoms with Crippen molar-refractivity contribution in [2.24, 2.45) is 6.98 Å². The van der Waals surface area contributed by atoms with Crippen LogP contribution in [0.4, 0.5) is 0 Å². The predicted octanol–water partition coefficient (Wildman–Crippen LogP) is 1.54. The van der Waals surface area contributed by atoms with Crippen molar-refractivity contribution in [2.75, 3.05) is 0 Å². The summed E-state index contributed by atoms with van der Waals surface area (Å²) in [6, 6.07) is 0. The predicted molar refractivity (Wildman–Crippen MR) is 37.3 cm³/mol. The maximum Gasteiger partial charge on any atom is 0.0945 e. The third kappa shape index (κ3) is 1.12. The molecular weight excluding hydrogens is 112 g/mol. The lowest BCUT2D eigenvalue weighted by Crippen LogP contribution is -1.95. The van der Waals surface area contributed by atoms with Crippen molar-refractivity contribution in [3.05, 3.63) is 18.2 Å². The van der Waals surface area contributed by atoms with Crippen LogP contribution in [-0.4, -0.2) is 9.55 Å². The molecule has 1 aromatic heterocycles. The summed E-state index contributed by atoms with van der Waals surface area (Å²) in [7, 11) is 0. The largest absolute Gasteiger partial charge is 0.337 e. The van der Waals surface area contributed by atoms with Crippen molar-refractivity contribution >= 4 is 0 Å². The third-order valence-corrected chi connectivity index (χ3v) is 1.26. The smallest absolute Gasteiger partial charge is 0.0945 e. The zero-order valence-corrected chi connectivity index (χ0v) is 5.63. The van der Waals surface area contributed by atoms with Gasteiger partial charge in [-0.05, 0) is 5.92 Å². The van der Waals surface area contributed by atoms with Gasteiger partial charge in [0, 0.05) is 23.0 Å². The van der Waals surface area contributed by atoms with Crippen LogP contribution in [0.25, 0.3) is 0 Å². The minimum absolute atomic E-state index is 0.188. The number of hydrogen-bond donors (Lipinski definition) is 0. The van der Waals surface area contributed by atoms with E-state index in [9.17, 15) is 0 Å². The Hall–Kier alpha value is -0.790. The minimum atomic E-state index is -2.10. The zero-order chi connectivity index (χ0) is 9.35. The number of nitrogens with zero attached hydrogens (tertiary/aromatic N) is 2. The third-order valence-electron chi connectivity index (χ3n) is 1.26. The lowest BCUT2D eigenvalue weighted by atomic mass is 10.1. The molecule has 1 heterocycles. The Morgan fingerprint density at radius 1 is 1.78 bits per heavy atom. The summed E-state index contributed by atoms with van der Waals surface area (Å²) in [6.45, 7) is 1.79. The molecule has 0 unspecified atom stereocenters. The molecule has 0 aromatic carbocycles. The lowest BCUT2D eigenvalue weighted by molar-refractivity contribution is 0.740. The molecule has 50 valence electrons. The van der Waals surface area contributed by atoms with E-state index in [1.54, 1.807) is 6.20 Å². The molecule has 0 atom stereocenters. The molecule has 2 nitrogen and oxygen atoms in total. The summed E-state index contributed by atoms with van der Waals surface area (Å²) in [5.74, 6) is 0.188. The number of imidazole rings is 1. The van der Waals surface area contributed by atoms with Gasteiger partial charge in [0.15, 0.2) is 0 Å². The van der Waals surface area contributed by atoms with Crippen LogP contribution in [0.15, 0.2) is 12.5 Å². The van der Waals surface area contributed by atoms with Gasteiger partial charge in [0.25, 0.3) is 0 Å². The van der Waals surface area contributed by atoms with E-state index >= 15 is 0 Å². The quantitative estimate of drug-likeness (QED) is 0.559. The van der Waals surface area contributed by atoms with E-state index in [2.05, 4.69) is 4.98 Å². The molecule has 0 radical (unpaired) electrons. The summed E-state index contributed by atoms with van der Waals surface area (Å²) in [5, 5.41) is 0. The maximum absolute atomic E-state index is 7.18. The van der Waals surface area contributed by atoms with Crippen LogP contribution in [0, 0.1) is 0 Å². The van der Waals surface area contributed by atoms with Crippen LogP contribution in [0.1, 0.15) is 29.6 Å². The fraction of sp³-hybridized carbons (Fsp3) is 0.571. The summed E-state index contributed by atoms with van der Waals surface area (Å²) < 4.78 is 22.8. The number of rotatable bonds is 1. The first-order valence-corrected chi connectivity index (χ1v) is 2.95. The molecule has 0 spiro atoms. The van der Waals surface area contributed by atoms with Crippen LogP contribution in [0.5, 0.6) is 0 Å². The average molecular weight is 127 g/mol. The molecule has 0 aliphatic carbocycles. The van der Waals surface area contributed by atoms with E-state index in [1.807, 2.05) is 13.8 Å². The van der Waals surface area contributed by atoms with Gasteiger partial charge in [-0.2, -0.15) is 0 Å². The van der Waals surface area contributed by atoms with Crippen molar-refractivity contribution in [3.63, 3.8) is 0 Å². The van der Waals surface area contributed by atoms with E-state index in [-0.39, 0.29) is 5.92 Å². The minimum Gasteiger partial charge on any atom is -0.337 e. The monoisotopic (exact) mass is 127 g/mol. The Labute approximate surface area is 59.7 Å². The van der Waals surface area contributed by atoms with Gasteiger partial charge in [-0.25, -0.2) is 4.98 Å². The number of hydrogen-bond acceptors (Lipinski definition) is 1. The van der Waals surface area contributed by atoms with Crippen molar-refractivity contribution in [1.82, 2.24) is 9.55 Å². The van der Waals surface area contributed by atoms with Crippen LogP contribution in [0.3, 0.4) is 0 Å². The highest BCUT2D eigenvalue weighted by atomic mass is 15.0. The Bertz CT molecular complexity index is 262. The number of aryl methyl sites for hydroxylation is 1. The van der Waals surface area contributed by atoms with E-state index in [1.165, 1.54) is 10.9 Å². The standard InChI is InChI=1S/C7H12N2/c1-6(2)7-4-8-5-9(7)3/h4-6H,1-3H3/i3D3. The second-order valence-corrected chi connectivity index (χ2v) is 2.34. The second-order valence-electron chi connectivity index (χ2n) is 2.34. The van der Waals surface area contributed by atoms with Crippen molar-refractivity contribution < 1.29 is 4.11 Å². The summed E-state index contributed by atoms with van der Waals surface area (Å²) in [6.07, 6.45) is 2.94. The highest BCUT2D eigenvalue weighted by molar-refractivity contribution is 5.02. The molecule has 0 fully saturated rings. The Balaban J connectivity index is 3.08. The van der Waals surface area contributed by atoms with Crippen LogP contribution in [0.2, 0.25) is 0 Å². The Kier molecular flexibility index (Phi) is 0.835. The lowest BCUT2D eigenvalue weighted by Gasteiger charge is -2.03. The van der Waals surface area contributed by atoms with Gasteiger partial charge in [-0.15, -0.1) is 0 Å². The molecular formula is C7H12N2. The molecule has 1 aromatic rings. The van der Waals surface area contributed by atoms with Gasteiger partial charge < -0.3 is 4.57 Å². The molecule has 0 aliphatic rings. The Morgan fingerprint density at radius 2 is 2.56 bits per heavy atom. The first-order valence-electron chi connectivity index (χ1n) is 4.45. The van der Waals surface area contributed by atoms with E-state index in [0.717, 1.165) is 5.69 Å². The van der Waals surface area contributed by atoms with Crippen LogP contribution < -0.4 is 0 Å². The maximum atomic E-state index is 7.18. The number of aromatic nitrogens is 2. The van der Waals surface area contributed by atoms with E-state index < -0.39 is 6.98 Å². The summed E-state index contributed by atoms with van der Waals surface area (Å²) >= 11 is 0. The molecule has 0 saturated heterocycles. The zero-order valence-electron chi connectivity index (χ0n) is 8.63. The molecule has 1 rings (SSSR count). The fourth-order valence-electron chi connectivity index (χ4n) is 0.732. The normalized spacial score (nSPS) is 17.0. The first-order chi connectivity index (χ1) is 5.43. The topological polar surface area (TPSA) is 17.8 Å². The summed E-state index contributed by atoms with van der Waals surface area (Å²) in [4.78, 5) is 3.81. The van der Waals surface area contributed by atoms with Gasteiger partial charge in [0.2, 0.25) is 0 Å². The van der Waals surface area contributed by atoms with Gasteiger partial charge in [-0.3, -0.25) is 0 Å². The van der Waals surface area contributed by atoms with Gasteiger partial charge in [-0.1, -0.05) is 13.8 Å². The molecule has 9 heavy (non-hydrogen) atoms. The van der Waals surface area contributed by atoms with E-state index in [0.29, 0.717) is 0 Å². The van der Waals surface area contributed by atoms with Crippen LogP contribution >= 0.6 is 0 Å². The molecule has 2 heteroatoms. The van der Waals surface area contributed by atoms with Gasteiger partial charge in [0.1, 0.15) is 0 Å². The van der Waals surface area contributed by atoms with Crippen LogP contribution in [-0.2, 0) is 6.98 Å². The highest BCUT2D eigenvalue weighted by Gasteiger charge is 2.00. The summed E-state index contributed by atoms with van der Waals surface area (Å²) in [5.41, 5.74) is 0.745. The van der Waals surface area contributed by atoms with Crippen molar-refractivity contribution in [3.8, 4) is 0 Å².